The van der Waals surface area contributed by atoms with Gasteiger partial charge in [-0.05, 0) is 23.0 Å². The van der Waals surface area contributed by atoms with Crippen LogP contribution >= 0.6 is 0 Å². The zero-order valence-corrected chi connectivity index (χ0v) is 12.2. The van der Waals surface area contributed by atoms with Crippen LogP contribution in [0.25, 0.3) is 0 Å². The van der Waals surface area contributed by atoms with Crippen molar-refractivity contribution < 1.29 is 9.53 Å². The second-order valence-corrected chi connectivity index (χ2v) is 5.24. The predicted octanol–water partition coefficient (Wildman–Crippen LogP) is 2.69. The molecule has 0 spiro atoms. The number of carbonyl (C=O) groups is 1. The van der Waals surface area contributed by atoms with E-state index in [1.54, 1.807) is 0 Å². The Morgan fingerprint density at radius 3 is 2.16 bits per heavy atom. The highest BCUT2D eigenvalue weighted by atomic mass is 16.5. The van der Waals surface area contributed by atoms with Gasteiger partial charge in [-0.2, -0.15) is 0 Å². The Morgan fingerprint density at radius 2 is 1.74 bits per heavy atom. The maximum Gasteiger partial charge on any atom is 0.237 e. The molecule has 0 radical (unpaired) electrons. The van der Waals surface area contributed by atoms with Crippen molar-refractivity contribution in [3.05, 3.63) is 29.3 Å². The van der Waals surface area contributed by atoms with Gasteiger partial charge in [-0.25, -0.2) is 5.84 Å². The highest BCUT2D eigenvalue weighted by Gasteiger charge is 2.15. The highest BCUT2D eigenvalue weighted by Crippen LogP contribution is 2.34. The van der Waals surface area contributed by atoms with Gasteiger partial charge < -0.3 is 4.74 Å². The van der Waals surface area contributed by atoms with E-state index in [0.717, 1.165) is 5.75 Å². The molecule has 1 rings (SSSR count). The lowest BCUT2D eigenvalue weighted by Gasteiger charge is -2.19. The summed E-state index contributed by atoms with van der Waals surface area (Å²) in [6, 6.07) is 6.22. The third-order valence-corrected chi connectivity index (χ3v) is 3.06. The molecule has 0 aliphatic heterocycles. The van der Waals surface area contributed by atoms with E-state index in [2.05, 4.69) is 51.3 Å². The Bertz CT molecular complexity index is 402. The standard InChI is InChI=1S/C15H24N2O2/c1-10(2)12-6-5-7-13(11(3)4)15(12)19-9-8-14(18)17-16/h5-7,10-11H,8-9,16H2,1-4H3,(H,17,18). The first-order valence-corrected chi connectivity index (χ1v) is 6.72. The molecule has 1 aromatic carbocycles. The number of hydrogen-bond donors (Lipinski definition) is 2. The van der Waals surface area contributed by atoms with Gasteiger partial charge in [0.05, 0.1) is 13.0 Å². The molecule has 19 heavy (non-hydrogen) atoms. The Balaban J connectivity index is 2.91. The van der Waals surface area contributed by atoms with Crippen LogP contribution in [0.4, 0.5) is 0 Å². The van der Waals surface area contributed by atoms with Crippen LogP contribution in [-0.2, 0) is 4.79 Å². The third-order valence-electron chi connectivity index (χ3n) is 3.06. The molecular formula is C15H24N2O2. The van der Waals surface area contributed by atoms with Crippen molar-refractivity contribution >= 4 is 5.91 Å². The minimum atomic E-state index is -0.215. The molecule has 0 unspecified atom stereocenters. The summed E-state index contributed by atoms with van der Waals surface area (Å²) in [6.45, 7) is 8.89. The molecule has 3 N–H and O–H groups in total. The monoisotopic (exact) mass is 264 g/mol. The van der Waals surface area contributed by atoms with Gasteiger partial charge in [0.15, 0.2) is 0 Å². The fourth-order valence-electron chi connectivity index (χ4n) is 1.97. The van der Waals surface area contributed by atoms with E-state index in [1.807, 2.05) is 0 Å². The van der Waals surface area contributed by atoms with E-state index in [4.69, 9.17) is 10.6 Å². The maximum absolute atomic E-state index is 11.1. The van der Waals surface area contributed by atoms with Gasteiger partial charge in [0.2, 0.25) is 5.91 Å². The van der Waals surface area contributed by atoms with E-state index >= 15 is 0 Å². The fourth-order valence-corrected chi connectivity index (χ4v) is 1.97. The number of rotatable bonds is 6. The molecule has 0 bridgehead atoms. The second kappa shape index (κ2) is 7.14. The number of hydrazine groups is 1. The molecule has 1 amide bonds. The van der Waals surface area contributed by atoms with E-state index < -0.39 is 0 Å². The van der Waals surface area contributed by atoms with Crippen molar-refractivity contribution in [2.24, 2.45) is 5.84 Å². The van der Waals surface area contributed by atoms with Crippen LogP contribution in [0.1, 0.15) is 57.1 Å². The van der Waals surface area contributed by atoms with Gasteiger partial charge in [-0.3, -0.25) is 10.2 Å². The summed E-state index contributed by atoms with van der Waals surface area (Å²) in [5, 5.41) is 0. The van der Waals surface area contributed by atoms with Crippen molar-refractivity contribution in [1.82, 2.24) is 5.43 Å². The minimum absolute atomic E-state index is 0.215. The molecule has 0 aliphatic carbocycles. The van der Waals surface area contributed by atoms with Crippen molar-refractivity contribution in [3.63, 3.8) is 0 Å². The lowest BCUT2D eigenvalue weighted by molar-refractivity contribution is -0.121. The first-order chi connectivity index (χ1) is 8.97. The summed E-state index contributed by atoms with van der Waals surface area (Å²) in [7, 11) is 0. The minimum Gasteiger partial charge on any atom is -0.492 e. The van der Waals surface area contributed by atoms with E-state index in [9.17, 15) is 4.79 Å². The second-order valence-electron chi connectivity index (χ2n) is 5.24. The van der Waals surface area contributed by atoms with E-state index in [1.165, 1.54) is 11.1 Å². The molecule has 1 aromatic rings. The van der Waals surface area contributed by atoms with Crippen molar-refractivity contribution in [2.75, 3.05) is 6.61 Å². The number of amides is 1. The number of nitrogens with two attached hydrogens (primary N) is 1. The topological polar surface area (TPSA) is 64.3 Å². The van der Waals surface area contributed by atoms with Crippen LogP contribution in [0.3, 0.4) is 0 Å². The SMILES string of the molecule is CC(C)c1cccc(C(C)C)c1OCCC(=O)NN. The third kappa shape index (κ3) is 4.24. The van der Waals surface area contributed by atoms with Crippen molar-refractivity contribution in [3.8, 4) is 5.75 Å². The molecule has 0 saturated carbocycles. The highest BCUT2D eigenvalue weighted by molar-refractivity contribution is 5.75. The molecule has 0 fully saturated rings. The van der Waals surface area contributed by atoms with Crippen LogP contribution < -0.4 is 16.0 Å². The molecule has 0 saturated heterocycles. The first-order valence-electron chi connectivity index (χ1n) is 6.72. The number of carbonyl (C=O) groups excluding carboxylic acids is 1. The first kappa shape index (κ1) is 15.5. The smallest absolute Gasteiger partial charge is 0.237 e. The fraction of sp³-hybridized carbons (Fsp3) is 0.533. The molecule has 0 aliphatic rings. The predicted molar refractivity (Wildman–Crippen MR) is 77.1 cm³/mol. The summed E-state index contributed by atoms with van der Waals surface area (Å²) < 4.78 is 5.85. The number of nitrogens with one attached hydrogen (secondary N) is 1. The van der Waals surface area contributed by atoms with Gasteiger partial charge in [-0.15, -0.1) is 0 Å². The van der Waals surface area contributed by atoms with Crippen LogP contribution in [-0.4, -0.2) is 12.5 Å². The molecular weight excluding hydrogens is 240 g/mol. The molecule has 4 nitrogen and oxygen atoms in total. The van der Waals surface area contributed by atoms with Gasteiger partial charge in [0, 0.05) is 0 Å². The number of hydrogen-bond acceptors (Lipinski definition) is 3. The van der Waals surface area contributed by atoms with Gasteiger partial charge in [0.1, 0.15) is 5.75 Å². The quantitative estimate of drug-likeness (QED) is 0.471. The number of para-hydroxylation sites is 1. The number of benzene rings is 1. The average Bonchev–Trinajstić information content (AvgIpc) is 2.37. The summed E-state index contributed by atoms with van der Waals surface area (Å²) in [5.41, 5.74) is 4.47. The largest absolute Gasteiger partial charge is 0.492 e. The summed E-state index contributed by atoms with van der Waals surface area (Å²) >= 11 is 0. The maximum atomic E-state index is 11.1. The van der Waals surface area contributed by atoms with Gasteiger partial charge in [0.25, 0.3) is 0 Å². The van der Waals surface area contributed by atoms with Crippen LogP contribution in [0.15, 0.2) is 18.2 Å². The lowest BCUT2D eigenvalue weighted by Crippen LogP contribution is -2.31. The van der Waals surface area contributed by atoms with E-state index in [-0.39, 0.29) is 12.3 Å². The zero-order valence-electron chi connectivity index (χ0n) is 12.2. The zero-order chi connectivity index (χ0) is 14.4. The molecule has 106 valence electrons. The molecule has 0 heterocycles. The normalized spacial score (nSPS) is 10.9. The molecule has 4 heteroatoms. The Kier molecular flexibility index (Phi) is 5.83. The Hall–Kier alpha value is -1.55. The summed E-state index contributed by atoms with van der Waals surface area (Å²) in [5.74, 6) is 6.52. The molecule has 0 aromatic heterocycles. The Labute approximate surface area is 115 Å². The van der Waals surface area contributed by atoms with Gasteiger partial charge in [-0.1, -0.05) is 45.9 Å². The van der Waals surface area contributed by atoms with Crippen LogP contribution in [0.5, 0.6) is 5.75 Å². The van der Waals surface area contributed by atoms with Crippen molar-refractivity contribution in [2.45, 2.75) is 46.0 Å². The van der Waals surface area contributed by atoms with Crippen LogP contribution in [0.2, 0.25) is 0 Å². The van der Waals surface area contributed by atoms with Crippen LogP contribution in [0, 0.1) is 0 Å². The number of ether oxygens (including phenoxy) is 1. The Morgan fingerprint density at radius 1 is 1.21 bits per heavy atom. The van der Waals surface area contributed by atoms with Crippen molar-refractivity contribution in [1.29, 1.82) is 0 Å². The lowest BCUT2D eigenvalue weighted by atomic mass is 9.94. The van der Waals surface area contributed by atoms with Gasteiger partial charge >= 0.3 is 0 Å². The van der Waals surface area contributed by atoms with E-state index in [0.29, 0.717) is 18.4 Å². The molecule has 0 atom stereocenters. The summed E-state index contributed by atoms with van der Waals surface area (Å²) in [4.78, 5) is 11.1. The summed E-state index contributed by atoms with van der Waals surface area (Å²) in [6.07, 6.45) is 0.264. The average molecular weight is 264 g/mol.